The quantitative estimate of drug-likeness (QED) is 0.874. The van der Waals surface area contributed by atoms with Gasteiger partial charge >= 0.3 is 5.97 Å². The van der Waals surface area contributed by atoms with Crippen LogP contribution in [0.15, 0.2) is 30.3 Å². The molecule has 0 atom stereocenters. The summed E-state index contributed by atoms with van der Waals surface area (Å²) in [5, 5.41) is 0. The van der Waals surface area contributed by atoms with E-state index in [1.807, 2.05) is 0 Å². The van der Waals surface area contributed by atoms with Gasteiger partial charge in [0.15, 0.2) is 17.3 Å². The number of nitrogens with two attached hydrogens (primary N) is 1. The Hall–Kier alpha value is -2.70. The van der Waals surface area contributed by atoms with Gasteiger partial charge in [0.1, 0.15) is 5.82 Å². The molecule has 2 N–H and O–H groups in total. The van der Waals surface area contributed by atoms with Crippen molar-refractivity contribution in [3.05, 3.63) is 47.7 Å². The first-order chi connectivity index (χ1) is 9.51. The van der Waals surface area contributed by atoms with Gasteiger partial charge in [0, 0.05) is 6.07 Å². The number of rotatable bonds is 3. The lowest BCUT2D eigenvalue weighted by molar-refractivity contribution is 0.0593. The zero-order valence-electron chi connectivity index (χ0n) is 10.4. The monoisotopic (exact) mass is 280 g/mol. The van der Waals surface area contributed by atoms with Gasteiger partial charge in [-0.3, -0.25) is 0 Å². The highest BCUT2D eigenvalue weighted by atomic mass is 19.1. The zero-order valence-corrected chi connectivity index (χ0v) is 10.4. The van der Waals surface area contributed by atoms with Gasteiger partial charge in [-0.25, -0.2) is 18.6 Å². The van der Waals surface area contributed by atoms with E-state index in [0.29, 0.717) is 6.07 Å². The van der Waals surface area contributed by atoms with Gasteiger partial charge in [0.2, 0.25) is 5.88 Å². The topological polar surface area (TPSA) is 74.4 Å². The number of aromatic nitrogens is 1. The Morgan fingerprint density at radius 2 is 2.00 bits per heavy atom. The summed E-state index contributed by atoms with van der Waals surface area (Å²) in [6, 6.07) is 5.50. The van der Waals surface area contributed by atoms with Crippen LogP contribution in [-0.4, -0.2) is 18.1 Å². The molecule has 5 nitrogen and oxygen atoms in total. The lowest BCUT2D eigenvalue weighted by Crippen LogP contribution is -2.06. The molecule has 2 aromatic rings. The fraction of sp³-hybridized carbons (Fsp3) is 0.0769. The van der Waals surface area contributed by atoms with E-state index in [0.717, 1.165) is 12.1 Å². The van der Waals surface area contributed by atoms with E-state index in [1.54, 1.807) is 0 Å². The third-order valence-corrected chi connectivity index (χ3v) is 2.38. The van der Waals surface area contributed by atoms with Crippen LogP contribution in [-0.2, 0) is 4.74 Å². The maximum atomic E-state index is 13.5. The number of esters is 1. The number of nitrogen functional groups attached to an aromatic ring is 1. The van der Waals surface area contributed by atoms with Gasteiger partial charge in [-0.05, 0) is 24.3 Å². The molecule has 7 heteroatoms. The van der Waals surface area contributed by atoms with Crippen LogP contribution in [0.4, 0.5) is 14.5 Å². The van der Waals surface area contributed by atoms with Crippen LogP contribution in [0.5, 0.6) is 11.6 Å². The third kappa shape index (κ3) is 2.82. The number of hydrogen-bond donors (Lipinski definition) is 1. The Morgan fingerprint density at radius 3 is 2.65 bits per heavy atom. The van der Waals surface area contributed by atoms with Gasteiger partial charge < -0.3 is 15.2 Å². The first-order valence-electron chi connectivity index (χ1n) is 5.49. The van der Waals surface area contributed by atoms with Crippen LogP contribution in [0, 0.1) is 11.6 Å². The first-order valence-corrected chi connectivity index (χ1v) is 5.49. The summed E-state index contributed by atoms with van der Waals surface area (Å²) in [5.41, 5.74) is 5.68. The number of anilines is 1. The number of methoxy groups -OCH3 is 1. The molecule has 0 saturated heterocycles. The van der Waals surface area contributed by atoms with Crippen molar-refractivity contribution < 1.29 is 23.0 Å². The Labute approximate surface area is 112 Å². The smallest absolute Gasteiger partial charge is 0.356 e. The minimum atomic E-state index is -0.908. The van der Waals surface area contributed by atoms with Crippen molar-refractivity contribution in [1.29, 1.82) is 0 Å². The number of halogens is 2. The first kappa shape index (κ1) is 13.7. The van der Waals surface area contributed by atoms with Crippen molar-refractivity contribution in [3.8, 4) is 11.6 Å². The number of ether oxygens (including phenoxy) is 2. The van der Waals surface area contributed by atoms with Crippen molar-refractivity contribution in [2.24, 2.45) is 0 Å². The summed E-state index contributed by atoms with van der Waals surface area (Å²) in [7, 11) is 1.19. The van der Waals surface area contributed by atoms with Crippen molar-refractivity contribution in [2.45, 2.75) is 0 Å². The molecule has 1 heterocycles. The van der Waals surface area contributed by atoms with E-state index in [-0.39, 0.29) is 23.0 Å². The number of pyridine rings is 1. The predicted molar refractivity (Wildman–Crippen MR) is 66.4 cm³/mol. The normalized spacial score (nSPS) is 10.2. The van der Waals surface area contributed by atoms with Crippen LogP contribution >= 0.6 is 0 Å². The van der Waals surface area contributed by atoms with Crippen molar-refractivity contribution in [3.63, 3.8) is 0 Å². The summed E-state index contributed by atoms with van der Waals surface area (Å²) in [6.07, 6.45) is 0. The van der Waals surface area contributed by atoms with E-state index in [4.69, 9.17) is 10.5 Å². The van der Waals surface area contributed by atoms with Gasteiger partial charge in [-0.1, -0.05) is 0 Å². The molecule has 0 fully saturated rings. The maximum Gasteiger partial charge on any atom is 0.356 e. The molecule has 0 spiro atoms. The van der Waals surface area contributed by atoms with E-state index in [9.17, 15) is 13.6 Å². The molecule has 0 aliphatic carbocycles. The summed E-state index contributed by atoms with van der Waals surface area (Å²) < 4.78 is 35.9. The Bertz CT molecular complexity index is 662. The maximum absolute atomic E-state index is 13.5. The second-order valence-electron chi connectivity index (χ2n) is 3.76. The summed E-state index contributed by atoms with van der Waals surface area (Å²) in [4.78, 5) is 15.2. The molecule has 0 aliphatic heterocycles. The molecule has 0 aliphatic rings. The van der Waals surface area contributed by atoms with Crippen molar-refractivity contribution >= 4 is 11.7 Å². The standard InChI is InChI=1S/C13H10F2N2O3/c1-19-13(18)10-4-3-9(16)12(17-10)20-11-5-2-7(14)6-8(11)15/h2-6H,16H2,1H3. The highest BCUT2D eigenvalue weighted by molar-refractivity contribution is 5.87. The SMILES string of the molecule is COC(=O)c1ccc(N)c(Oc2ccc(F)cc2F)n1. The van der Waals surface area contributed by atoms with Crippen LogP contribution < -0.4 is 10.5 Å². The van der Waals surface area contributed by atoms with E-state index < -0.39 is 17.6 Å². The van der Waals surface area contributed by atoms with Crippen LogP contribution in [0.2, 0.25) is 0 Å². The molecular weight excluding hydrogens is 270 g/mol. The molecule has 20 heavy (non-hydrogen) atoms. The minimum absolute atomic E-state index is 0.0424. The van der Waals surface area contributed by atoms with E-state index >= 15 is 0 Å². The zero-order chi connectivity index (χ0) is 14.7. The number of carbonyl (C=O) groups excluding carboxylic acids is 1. The molecule has 2 rings (SSSR count). The van der Waals surface area contributed by atoms with Crippen molar-refractivity contribution in [2.75, 3.05) is 12.8 Å². The molecule has 1 aromatic heterocycles. The predicted octanol–water partition coefficient (Wildman–Crippen LogP) is 2.52. The largest absolute Gasteiger partial charge is 0.464 e. The second kappa shape index (κ2) is 5.52. The van der Waals surface area contributed by atoms with Gasteiger partial charge in [-0.15, -0.1) is 0 Å². The highest BCUT2D eigenvalue weighted by Crippen LogP contribution is 2.28. The minimum Gasteiger partial charge on any atom is -0.464 e. The average Bonchev–Trinajstić information content (AvgIpc) is 2.43. The fourth-order valence-electron chi connectivity index (χ4n) is 1.41. The van der Waals surface area contributed by atoms with Crippen LogP contribution in [0.25, 0.3) is 0 Å². The fourth-order valence-corrected chi connectivity index (χ4v) is 1.41. The molecule has 0 unspecified atom stereocenters. The molecule has 0 radical (unpaired) electrons. The average molecular weight is 280 g/mol. The van der Waals surface area contributed by atoms with Gasteiger partial charge in [-0.2, -0.15) is 0 Å². The Balaban J connectivity index is 2.35. The van der Waals surface area contributed by atoms with Crippen molar-refractivity contribution in [1.82, 2.24) is 4.98 Å². The summed E-state index contributed by atoms with van der Waals surface area (Å²) >= 11 is 0. The molecule has 104 valence electrons. The molecular formula is C13H10F2N2O3. The van der Waals surface area contributed by atoms with Gasteiger partial charge in [0.25, 0.3) is 0 Å². The Morgan fingerprint density at radius 1 is 1.25 bits per heavy atom. The number of nitrogens with zero attached hydrogens (tertiary/aromatic N) is 1. The highest BCUT2D eigenvalue weighted by Gasteiger charge is 2.14. The van der Waals surface area contributed by atoms with E-state index in [1.165, 1.54) is 19.2 Å². The molecule has 0 bridgehead atoms. The van der Waals surface area contributed by atoms with E-state index in [2.05, 4.69) is 9.72 Å². The Kier molecular flexibility index (Phi) is 3.79. The molecule has 1 aromatic carbocycles. The summed E-state index contributed by atoms with van der Waals surface area (Å²) in [6.45, 7) is 0. The molecule has 0 amide bonds. The van der Waals surface area contributed by atoms with Crippen LogP contribution in [0.3, 0.4) is 0 Å². The second-order valence-corrected chi connectivity index (χ2v) is 3.76. The lowest BCUT2D eigenvalue weighted by atomic mass is 10.3. The third-order valence-electron chi connectivity index (χ3n) is 2.38. The van der Waals surface area contributed by atoms with Crippen LogP contribution in [0.1, 0.15) is 10.5 Å². The summed E-state index contributed by atoms with van der Waals surface area (Å²) in [5.74, 6) is -2.76. The molecule has 0 saturated carbocycles. The lowest BCUT2D eigenvalue weighted by Gasteiger charge is -2.09. The number of hydrogen-bond acceptors (Lipinski definition) is 5. The van der Waals surface area contributed by atoms with Gasteiger partial charge in [0.05, 0.1) is 12.8 Å². The number of benzene rings is 1. The number of carbonyl (C=O) groups is 1.